The van der Waals surface area contributed by atoms with Crippen LogP contribution in [0.25, 0.3) is 11.3 Å². The van der Waals surface area contributed by atoms with Gasteiger partial charge in [-0.15, -0.1) is 23.1 Å². The number of ether oxygens (including phenoxy) is 1. The van der Waals surface area contributed by atoms with Crippen LogP contribution >= 0.6 is 23.1 Å². The molecule has 0 saturated carbocycles. The fourth-order valence-electron chi connectivity index (χ4n) is 4.07. The quantitative estimate of drug-likeness (QED) is 0.568. The molecule has 0 radical (unpaired) electrons. The molecule has 2 aliphatic rings. The number of nitrogens with zero attached hydrogens (tertiary/aromatic N) is 2. The van der Waals surface area contributed by atoms with Crippen molar-refractivity contribution in [2.75, 3.05) is 18.4 Å². The van der Waals surface area contributed by atoms with E-state index in [1.165, 1.54) is 44.8 Å². The lowest BCUT2D eigenvalue weighted by Gasteiger charge is -2.34. The largest absolute Gasteiger partial charge is 0.373 e. The highest BCUT2D eigenvalue weighted by atomic mass is 32.2. The van der Waals surface area contributed by atoms with Crippen LogP contribution in [0.1, 0.15) is 29.1 Å². The van der Waals surface area contributed by atoms with Crippen molar-refractivity contribution in [3.8, 4) is 11.3 Å². The summed E-state index contributed by atoms with van der Waals surface area (Å²) in [6, 6.07) is 14.1. The Bertz CT molecular complexity index is 1290. The molecule has 2 atom stereocenters. The minimum absolute atomic E-state index is 0.164. The van der Waals surface area contributed by atoms with Crippen molar-refractivity contribution in [3.63, 3.8) is 0 Å². The maximum Gasteiger partial charge on any atom is 0.257 e. The van der Waals surface area contributed by atoms with Crippen molar-refractivity contribution in [3.05, 3.63) is 59.0 Å². The minimum atomic E-state index is -3.65. The lowest BCUT2D eigenvalue weighted by atomic mass is 10.1. The Morgan fingerprint density at radius 1 is 1.09 bits per heavy atom. The van der Waals surface area contributed by atoms with E-state index >= 15 is 0 Å². The summed E-state index contributed by atoms with van der Waals surface area (Å²) < 4.78 is 33.1. The van der Waals surface area contributed by atoms with Gasteiger partial charge in [0.15, 0.2) is 5.13 Å². The van der Waals surface area contributed by atoms with Crippen molar-refractivity contribution in [2.24, 2.45) is 0 Å². The summed E-state index contributed by atoms with van der Waals surface area (Å²) in [6.07, 6.45) is -0.328. The number of thioether (sulfide) groups is 1. The Morgan fingerprint density at radius 3 is 2.52 bits per heavy atom. The maximum atomic E-state index is 13.0. The summed E-state index contributed by atoms with van der Waals surface area (Å²) in [7, 11) is -3.65. The molecule has 172 valence electrons. The first-order valence-corrected chi connectivity index (χ1v) is 13.8. The zero-order valence-corrected chi connectivity index (χ0v) is 20.6. The molecule has 2 unspecified atom stereocenters. The second-order valence-corrected chi connectivity index (χ2v) is 12.2. The molecule has 0 bridgehead atoms. The first kappa shape index (κ1) is 22.5. The molecule has 2 aliphatic heterocycles. The van der Waals surface area contributed by atoms with E-state index in [1.54, 1.807) is 11.8 Å². The van der Waals surface area contributed by atoms with Crippen molar-refractivity contribution < 1.29 is 17.9 Å². The Hall–Kier alpha value is -2.24. The van der Waals surface area contributed by atoms with Gasteiger partial charge in [0.05, 0.1) is 22.8 Å². The lowest BCUT2D eigenvalue weighted by Crippen LogP contribution is -2.48. The average molecular weight is 502 g/mol. The molecular formula is C23H23N3O4S3. The summed E-state index contributed by atoms with van der Waals surface area (Å²) >= 11 is 3.23. The molecule has 1 saturated heterocycles. The number of carbonyl (C=O) groups excluding carboxylic acids is 1. The van der Waals surface area contributed by atoms with Gasteiger partial charge in [0.25, 0.3) is 5.91 Å². The van der Waals surface area contributed by atoms with E-state index in [0.717, 1.165) is 21.9 Å². The fourth-order valence-corrected chi connectivity index (χ4v) is 7.76. The molecule has 3 heterocycles. The van der Waals surface area contributed by atoms with Crippen LogP contribution < -0.4 is 5.32 Å². The van der Waals surface area contributed by atoms with Crippen LogP contribution in [0.3, 0.4) is 0 Å². The van der Waals surface area contributed by atoms with Gasteiger partial charge in [-0.25, -0.2) is 13.4 Å². The van der Waals surface area contributed by atoms with E-state index in [-0.39, 0.29) is 23.0 Å². The van der Waals surface area contributed by atoms with E-state index in [9.17, 15) is 13.2 Å². The lowest BCUT2D eigenvalue weighted by molar-refractivity contribution is -0.0440. The van der Waals surface area contributed by atoms with E-state index < -0.39 is 10.0 Å². The first-order valence-electron chi connectivity index (χ1n) is 10.6. The van der Waals surface area contributed by atoms with Crippen LogP contribution in [-0.4, -0.2) is 48.9 Å². The topological polar surface area (TPSA) is 88.6 Å². The van der Waals surface area contributed by atoms with Gasteiger partial charge in [0, 0.05) is 39.7 Å². The minimum Gasteiger partial charge on any atom is -0.373 e. The van der Waals surface area contributed by atoms with Crippen LogP contribution in [-0.2, 0) is 20.5 Å². The number of benzene rings is 2. The third kappa shape index (κ3) is 4.45. The highest BCUT2D eigenvalue weighted by Crippen LogP contribution is 2.44. The maximum absolute atomic E-state index is 13.0. The summed E-state index contributed by atoms with van der Waals surface area (Å²) in [5.41, 5.74) is 2.38. The molecule has 3 aromatic rings. The number of aromatic nitrogens is 1. The Balaban J connectivity index is 1.32. The van der Waals surface area contributed by atoms with Crippen molar-refractivity contribution in [2.45, 2.75) is 41.6 Å². The molecule has 10 heteroatoms. The van der Waals surface area contributed by atoms with E-state index in [2.05, 4.69) is 16.4 Å². The number of anilines is 1. The molecule has 1 N–H and O–H groups in total. The molecular weight excluding hydrogens is 478 g/mol. The molecule has 1 aromatic heterocycles. The number of rotatable bonds is 4. The summed E-state index contributed by atoms with van der Waals surface area (Å²) in [5.74, 6) is 0.505. The van der Waals surface area contributed by atoms with Gasteiger partial charge >= 0.3 is 0 Å². The molecule has 33 heavy (non-hydrogen) atoms. The fraction of sp³-hybridized carbons (Fsp3) is 0.304. The van der Waals surface area contributed by atoms with Crippen LogP contribution in [0.4, 0.5) is 5.13 Å². The van der Waals surface area contributed by atoms with Crippen molar-refractivity contribution >= 4 is 44.2 Å². The number of nitrogens with one attached hydrogen (secondary N) is 1. The number of fused-ring (bicyclic) bond motifs is 3. The smallest absolute Gasteiger partial charge is 0.257 e. The van der Waals surface area contributed by atoms with Crippen LogP contribution in [0.2, 0.25) is 0 Å². The predicted octanol–water partition coefficient (Wildman–Crippen LogP) is 4.47. The molecule has 2 aromatic carbocycles. The highest BCUT2D eigenvalue weighted by molar-refractivity contribution is 7.98. The van der Waals surface area contributed by atoms with Gasteiger partial charge in [-0.2, -0.15) is 4.31 Å². The van der Waals surface area contributed by atoms with Crippen molar-refractivity contribution in [1.82, 2.24) is 9.29 Å². The molecule has 0 spiro atoms. The van der Waals surface area contributed by atoms with Crippen LogP contribution in [0.5, 0.6) is 0 Å². The standard InChI is InChI=1S/C23H23N3O4S3/c1-14-11-26(12-15(2)30-14)33(28,29)17-9-7-16(8-10-17)22(27)25-23-24-21-18-5-3-4-6-19(18)31-13-20(21)32-23/h3-10,14-15H,11-13H2,1-2H3,(H,24,25,27). The molecule has 1 amide bonds. The van der Waals surface area contributed by atoms with Gasteiger partial charge in [0.2, 0.25) is 10.0 Å². The number of hydrogen-bond donors (Lipinski definition) is 1. The number of sulfonamides is 1. The monoisotopic (exact) mass is 501 g/mol. The second kappa shape index (κ2) is 8.84. The van der Waals surface area contributed by atoms with E-state index in [0.29, 0.717) is 23.8 Å². The summed E-state index contributed by atoms with van der Waals surface area (Å²) in [5, 5.41) is 3.40. The van der Waals surface area contributed by atoms with Crippen LogP contribution in [0.15, 0.2) is 58.3 Å². The Labute approximate surface area is 201 Å². The van der Waals surface area contributed by atoms with Crippen LogP contribution in [0, 0.1) is 0 Å². The predicted molar refractivity (Wildman–Crippen MR) is 130 cm³/mol. The SMILES string of the molecule is CC1CN(S(=O)(=O)c2ccc(C(=O)Nc3nc4c(s3)CSc3ccccc3-4)cc2)CC(C)O1. The highest BCUT2D eigenvalue weighted by Gasteiger charge is 2.32. The zero-order valence-electron chi connectivity index (χ0n) is 18.1. The number of carbonyl (C=O) groups is 1. The Morgan fingerprint density at radius 2 is 1.79 bits per heavy atom. The molecule has 7 nitrogen and oxygen atoms in total. The van der Waals surface area contributed by atoms with Crippen molar-refractivity contribution in [1.29, 1.82) is 0 Å². The molecule has 0 aliphatic carbocycles. The molecule has 1 fully saturated rings. The number of morpholine rings is 1. The zero-order chi connectivity index (χ0) is 23.2. The summed E-state index contributed by atoms with van der Waals surface area (Å²) in [4.78, 5) is 19.9. The third-order valence-corrected chi connectivity index (χ3v) is 9.66. The average Bonchev–Trinajstić information content (AvgIpc) is 3.21. The Kier molecular flexibility index (Phi) is 6.04. The van der Waals surface area contributed by atoms with Gasteiger partial charge < -0.3 is 4.74 Å². The van der Waals surface area contributed by atoms with Gasteiger partial charge in [-0.3, -0.25) is 10.1 Å². The number of amides is 1. The normalized spacial score (nSPS) is 20.7. The number of thiazole rings is 1. The van der Waals surface area contributed by atoms with Gasteiger partial charge in [-0.1, -0.05) is 18.2 Å². The number of hydrogen-bond acceptors (Lipinski definition) is 7. The van der Waals surface area contributed by atoms with E-state index in [4.69, 9.17) is 4.74 Å². The van der Waals surface area contributed by atoms with Gasteiger partial charge in [-0.05, 0) is 44.2 Å². The first-order chi connectivity index (χ1) is 15.8. The second-order valence-electron chi connectivity index (χ2n) is 8.13. The van der Waals surface area contributed by atoms with E-state index in [1.807, 2.05) is 32.0 Å². The summed E-state index contributed by atoms with van der Waals surface area (Å²) in [6.45, 7) is 4.34. The molecule has 5 rings (SSSR count). The van der Waals surface area contributed by atoms with Gasteiger partial charge in [0.1, 0.15) is 0 Å². The third-order valence-electron chi connectivity index (χ3n) is 5.56.